The van der Waals surface area contributed by atoms with E-state index >= 15 is 0 Å². The number of rotatable bonds is 8. The van der Waals surface area contributed by atoms with Gasteiger partial charge < -0.3 is 24.6 Å². The van der Waals surface area contributed by atoms with Gasteiger partial charge in [0, 0.05) is 17.7 Å². The van der Waals surface area contributed by atoms with E-state index in [1.807, 2.05) is 20.8 Å². The van der Waals surface area contributed by atoms with E-state index in [1.165, 1.54) is 23.1 Å². The Kier molecular flexibility index (Phi) is 8.18. The molecule has 8 heteroatoms. The molecule has 0 radical (unpaired) electrons. The van der Waals surface area contributed by atoms with E-state index in [9.17, 15) is 24.2 Å². The van der Waals surface area contributed by atoms with Gasteiger partial charge in [-0.2, -0.15) is 0 Å². The summed E-state index contributed by atoms with van der Waals surface area (Å²) in [4.78, 5) is 28.3. The van der Waals surface area contributed by atoms with Crippen LogP contribution in [0.2, 0.25) is 0 Å². The number of phenolic OH excluding ortho intramolecular Hbond substituents is 1. The summed E-state index contributed by atoms with van der Waals surface area (Å²) < 4.78 is 24.5. The molecule has 1 fully saturated rings. The summed E-state index contributed by atoms with van der Waals surface area (Å²) >= 11 is 0. The lowest BCUT2D eigenvalue weighted by molar-refractivity contribution is -0.139. The molecular weight excluding hydrogens is 513 g/mol. The van der Waals surface area contributed by atoms with Crippen LogP contribution in [0.3, 0.4) is 0 Å². The minimum Gasteiger partial charge on any atom is -0.507 e. The van der Waals surface area contributed by atoms with Crippen molar-refractivity contribution in [3.8, 4) is 17.2 Å². The number of benzene rings is 3. The fourth-order valence-corrected chi connectivity index (χ4v) is 4.93. The largest absolute Gasteiger partial charge is 0.507 e. The Labute approximate surface area is 233 Å². The monoisotopic (exact) mass is 547 g/mol. The molecule has 0 bridgehead atoms. The Balaban J connectivity index is 1.86. The zero-order valence-electron chi connectivity index (χ0n) is 23.3. The third-order valence-corrected chi connectivity index (χ3v) is 6.97. The second-order valence-electron chi connectivity index (χ2n) is 10.7. The highest BCUT2D eigenvalue weighted by Crippen LogP contribution is 2.43. The van der Waals surface area contributed by atoms with E-state index < -0.39 is 17.7 Å². The van der Waals surface area contributed by atoms with Gasteiger partial charge in [-0.05, 0) is 72.4 Å². The summed E-state index contributed by atoms with van der Waals surface area (Å²) in [5.74, 6) is -1.51. The highest BCUT2D eigenvalue weighted by molar-refractivity contribution is 6.46. The van der Waals surface area contributed by atoms with Gasteiger partial charge >= 0.3 is 0 Å². The van der Waals surface area contributed by atoms with Crippen LogP contribution >= 0.6 is 0 Å². The van der Waals surface area contributed by atoms with E-state index in [1.54, 1.807) is 56.5 Å². The Bertz CT molecular complexity index is 1460. The van der Waals surface area contributed by atoms with Crippen LogP contribution in [0.25, 0.3) is 5.76 Å². The molecular formula is C32H34FNO6. The average molecular weight is 548 g/mol. The van der Waals surface area contributed by atoms with E-state index in [0.29, 0.717) is 29.9 Å². The smallest absolute Gasteiger partial charge is 0.295 e. The van der Waals surface area contributed by atoms with E-state index in [-0.39, 0.29) is 40.6 Å². The SMILES string of the molecule is CCOc1cc(C2/C(=C(\O)c3ccc(OC)c(C(C)(C)C)c3)C(=O)C(=O)N2CCc2ccc(F)cc2)ccc1O. The van der Waals surface area contributed by atoms with Gasteiger partial charge in [-0.25, -0.2) is 4.39 Å². The number of methoxy groups -OCH3 is 1. The van der Waals surface area contributed by atoms with Crippen LogP contribution in [0.4, 0.5) is 4.39 Å². The lowest BCUT2D eigenvalue weighted by Crippen LogP contribution is -2.31. The molecule has 1 amide bonds. The number of Topliss-reactive ketones (excluding diaryl/α,β-unsaturated/α-hetero) is 1. The highest BCUT2D eigenvalue weighted by atomic mass is 19.1. The van der Waals surface area contributed by atoms with Crippen molar-refractivity contribution in [3.63, 3.8) is 0 Å². The molecule has 1 atom stereocenters. The number of ketones is 1. The Morgan fingerprint density at radius 2 is 1.70 bits per heavy atom. The van der Waals surface area contributed by atoms with E-state index in [2.05, 4.69) is 0 Å². The van der Waals surface area contributed by atoms with Gasteiger partial charge in [0.05, 0.1) is 25.3 Å². The standard InChI is InChI=1S/C32H34FNO6/c1-6-40-26-18-20(9-13-24(26)35)28-27(29(36)21-10-14-25(39-5)23(17-21)32(2,3)4)30(37)31(38)34(28)16-15-19-7-11-22(33)12-8-19/h7-14,17-18,28,35-36H,6,15-16H2,1-5H3/b29-27+. The minimum atomic E-state index is -0.944. The zero-order chi connectivity index (χ0) is 29.2. The second kappa shape index (κ2) is 11.4. The van der Waals surface area contributed by atoms with Crippen LogP contribution in [-0.4, -0.2) is 47.1 Å². The van der Waals surface area contributed by atoms with Crippen LogP contribution in [0.15, 0.2) is 66.2 Å². The summed E-state index contributed by atoms with van der Waals surface area (Å²) in [6.45, 7) is 8.23. The zero-order valence-corrected chi connectivity index (χ0v) is 23.3. The summed E-state index contributed by atoms with van der Waals surface area (Å²) in [5.41, 5.74) is 2.08. The number of carbonyl (C=O) groups is 2. The Morgan fingerprint density at radius 3 is 2.33 bits per heavy atom. The van der Waals surface area contributed by atoms with Crippen molar-refractivity contribution in [2.45, 2.75) is 45.6 Å². The van der Waals surface area contributed by atoms with Gasteiger partial charge in [-0.1, -0.05) is 39.0 Å². The molecule has 0 aromatic heterocycles. The Hall–Kier alpha value is -4.33. The lowest BCUT2D eigenvalue weighted by atomic mass is 9.84. The molecule has 0 spiro atoms. The predicted octanol–water partition coefficient (Wildman–Crippen LogP) is 5.90. The van der Waals surface area contributed by atoms with Crippen molar-refractivity contribution >= 4 is 17.4 Å². The highest BCUT2D eigenvalue weighted by Gasteiger charge is 2.46. The third-order valence-electron chi connectivity index (χ3n) is 6.97. The number of nitrogens with zero attached hydrogens (tertiary/aromatic N) is 1. The average Bonchev–Trinajstić information content (AvgIpc) is 3.17. The first-order chi connectivity index (χ1) is 19.0. The van der Waals surface area contributed by atoms with Crippen molar-refractivity contribution in [2.24, 2.45) is 0 Å². The molecule has 1 aliphatic rings. The van der Waals surface area contributed by atoms with Crippen LogP contribution < -0.4 is 9.47 Å². The fraction of sp³-hybridized carbons (Fsp3) is 0.312. The van der Waals surface area contributed by atoms with Gasteiger partial charge in [0.15, 0.2) is 11.5 Å². The maximum atomic E-state index is 13.5. The fourth-order valence-electron chi connectivity index (χ4n) is 4.93. The van der Waals surface area contributed by atoms with E-state index in [0.717, 1.165) is 11.1 Å². The minimum absolute atomic E-state index is 0.0673. The van der Waals surface area contributed by atoms with Gasteiger partial charge in [-0.15, -0.1) is 0 Å². The first-order valence-corrected chi connectivity index (χ1v) is 13.1. The number of aliphatic hydroxyl groups excluding tert-OH is 1. The summed E-state index contributed by atoms with van der Waals surface area (Å²) in [5, 5.41) is 21.9. The molecule has 1 heterocycles. The third kappa shape index (κ3) is 5.66. The van der Waals surface area contributed by atoms with Gasteiger partial charge in [0.1, 0.15) is 17.3 Å². The number of hydrogen-bond acceptors (Lipinski definition) is 6. The molecule has 2 N–H and O–H groups in total. The molecule has 210 valence electrons. The number of likely N-dealkylation sites (tertiary alicyclic amines) is 1. The molecule has 0 saturated carbocycles. The number of aliphatic hydroxyl groups is 1. The maximum absolute atomic E-state index is 13.5. The van der Waals surface area contributed by atoms with Gasteiger partial charge in [-0.3, -0.25) is 9.59 Å². The van der Waals surface area contributed by atoms with Crippen molar-refractivity contribution in [1.29, 1.82) is 0 Å². The molecule has 0 aliphatic carbocycles. The number of phenols is 1. The van der Waals surface area contributed by atoms with Crippen molar-refractivity contribution < 1.29 is 33.7 Å². The summed E-state index contributed by atoms with van der Waals surface area (Å²) in [6, 6.07) is 14.7. The summed E-state index contributed by atoms with van der Waals surface area (Å²) in [6.07, 6.45) is 0.358. The van der Waals surface area contributed by atoms with Crippen LogP contribution in [-0.2, 0) is 21.4 Å². The maximum Gasteiger partial charge on any atom is 0.295 e. The number of halogens is 1. The van der Waals surface area contributed by atoms with Crippen molar-refractivity contribution in [1.82, 2.24) is 4.90 Å². The molecule has 1 aliphatic heterocycles. The quantitative estimate of drug-likeness (QED) is 0.207. The number of aromatic hydroxyl groups is 1. The van der Waals surface area contributed by atoms with Crippen LogP contribution in [0, 0.1) is 5.82 Å². The second-order valence-corrected chi connectivity index (χ2v) is 10.7. The van der Waals surface area contributed by atoms with Crippen molar-refractivity contribution in [3.05, 3.63) is 94.3 Å². The number of amides is 1. The van der Waals surface area contributed by atoms with Crippen molar-refractivity contribution in [2.75, 3.05) is 20.3 Å². The molecule has 4 rings (SSSR count). The lowest BCUT2D eigenvalue weighted by Gasteiger charge is -2.26. The normalized spacial score (nSPS) is 16.9. The molecule has 3 aromatic rings. The first-order valence-electron chi connectivity index (χ1n) is 13.1. The number of hydrogen-bond donors (Lipinski definition) is 2. The topological polar surface area (TPSA) is 96.3 Å². The van der Waals surface area contributed by atoms with Gasteiger partial charge in [0.2, 0.25) is 0 Å². The van der Waals surface area contributed by atoms with Gasteiger partial charge in [0.25, 0.3) is 11.7 Å². The molecule has 7 nitrogen and oxygen atoms in total. The first kappa shape index (κ1) is 28.7. The molecule has 3 aromatic carbocycles. The predicted molar refractivity (Wildman–Crippen MR) is 150 cm³/mol. The van der Waals surface area contributed by atoms with Crippen LogP contribution in [0.5, 0.6) is 17.2 Å². The number of ether oxygens (including phenoxy) is 2. The molecule has 40 heavy (non-hydrogen) atoms. The molecule has 1 saturated heterocycles. The number of carbonyl (C=O) groups excluding carboxylic acids is 2. The summed E-state index contributed by atoms with van der Waals surface area (Å²) in [7, 11) is 1.57. The molecule has 1 unspecified atom stereocenters. The van der Waals surface area contributed by atoms with Crippen LogP contribution in [0.1, 0.15) is 56.0 Å². The Morgan fingerprint density at radius 1 is 1.00 bits per heavy atom. The van der Waals surface area contributed by atoms with E-state index in [4.69, 9.17) is 9.47 Å².